The monoisotopic (exact) mass is 460 g/mol. The van der Waals surface area contributed by atoms with E-state index in [-0.39, 0.29) is 38.3 Å². The number of ether oxygens (including phenoxy) is 1. The van der Waals surface area contributed by atoms with Gasteiger partial charge >= 0.3 is 11.5 Å². The molecule has 2 N–H and O–H groups in total. The molecule has 12 heteroatoms. The summed E-state index contributed by atoms with van der Waals surface area (Å²) in [7, 11) is 0. The molecule has 31 heavy (non-hydrogen) atoms. The molecule has 2 aromatic heterocycles. The van der Waals surface area contributed by atoms with E-state index in [1.54, 1.807) is 0 Å². The minimum atomic E-state index is -0.894. The van der Waals surface area contributed by atoms with Crippen molar-refractivity contribution in [3.05, 3.63) is 75.9 Å². The molecule has 0 saturated heterocycles. The molecule has 0 bridgehead atoms. The average molecular weight is 461 g/mol. The number of aromatic amines is 2. The first-order valence-corrected chi connectivity index (χ1v) is 9.78. The van der Waals surface area contributed by atoms with Gasteiger partial charge in [-0.2, -0.15) is 0 Å². The molecule has 1 aromatic carbocycles. The topological polar surface area (TPSA) is 127 Å². The fraction of sp³-hybridized carbons (Fsp3) is 0.263. The summed E-state index contributed by atoms with van der Waals surface area (Å²) in [6, 6.07) is 2.69. The Morgan fingerprint density at radius 3 is 2.52 bits per heavy atom. The van der Waals surface area contributed by atoms with Crippen molar-refractivity contribution < 1.29 is 4.74 Å². The van der Waals surface area contributed by atoms with Gasteiger partial charge in [0.25, 0.3) is 11.1 Å². The van der Waals surface area contributed by atoms with Gasteiger partial charge in [-0.15, -0.1) is 9.78 Å². The lowest BCUT2D eigenvalue weighted by atomic mass is 9.88. The van der Waals surface area contributed by atoms with Crippen LogP contribution < -0.4 is 21.5 Å². The van der Waals surface area contributed by atoms with E-state index in [1.165, 1.54) is 12.1 Å². The number of benzene rings is 1. The number of H-pyrrole nitrogens is 2. The molecule has 0 atom stereocenters. The maximum atomic E-state index is 12.3. The standard InChI is InChI=1S/C19H14Cl2N6O4/c1-19(2)5-4-9-12(19)15(28)24-25-17(9)31-13-10(20)6-8(7-11(13)21)27-18(30)23-16(29)14(22-3)26-27/h6-7H,4-5H2,1-2H3,(H,24,28)(H,23,29,30). The molecule has 0 radical (unpaired) electrons. The highest BCUT2D eigenvalue weighted by Gasteiger charge is 2.36. The summed E-state index contributed by atoms with van der Waals surface area (Å²) in [6.07, 6.45) is 1.37. The smallest absolute Gasteiger partial charge is 0.365 e. The molecule has 1 aliphatic rings. The normalized spacial score (nSPS) is 14.2. The predicted octanol–water partition coefficient (Wildman–Crippen LogP) is 2.88. The van der Waals surface area contributed by atoms with Gasteiger partial charge in [0.2, 0.25) is 5.88 Å². The zero-order valence-electron chi connectivity index (χ0n) is 16.2. The van der Waals surface area contributed by atoms with Crippen LogP contribution in [0.4, 0.5) is 5.82 Å². The molecule has 0 amide bonds. The second-order valence-electron chi connectivity index (χ2n) is 7.54. The first-order chi connectivity index (χ1) is 14.6. The van der Waals surface area contributed by atoms with Crippen molar-refractivity contribution in [2.45, 2.75) is 32.1 Å². The highest BCUT2D eigenvalue weighted by Crippen LogP contribution is 2.43. The Hall–Kier alpha value is -3.42. The summed E-state index contributed by atoms with van der Waals surface area (Å²) < 4.78 is 6.66. The molecule has 4 rings (SSSR count). The fourth-order valence-electron chi connectivity index (χ4n) is 3.57. The fourth-order valence-corrected chi connectivity index (χ4v) is 4.12. The van der Waals surface area contributed by atoms with Gasteiger partial charge in [-0.05, 0) is 35.5 Å². The quantitative estimate of drug-likeness (QED) is 0.578. The summed E-state index contributed by atoms with van der Waals surface area (Å²) in [5, 5.41) is 10.2. The van der Waals surface area contributed by atoms with Crippen molar-refractivity contribution in [3.63, 3.8) is 0 Å². The summed E-state index contributed by atoms with van der Waals surface area (Å²) in [4.78, 5) is 40.9. The Labute approximate surface area is 184 Å². The molecule has 0 aliphatic heterocycles. The lowest BCUT2D eigenvalue weighted by Crippen LogP contribution is -2.30. The predicted molar refractivity (Wildman–Crippen MR) is 113 cm³/mol. The van der Waals surface area contributed by atoms with E-state index in [0.29, 0.717) is 17.5 Å². The van der Waals surface area contributed by atoms with Crippen molar-refractivity contribution in [1.82, 2.24) is 25.0 Å². The molecule has 10 nitrogen and oxygen atoms in total. The van der Waals surface area contributed by atoms with Gasteiger partial charge < -0.3 is 9.58 Å². The average Bonchev–Trinajstić information content (AvgIpc) is 3.02. The van der Waals surface area contributed by atoms with Crippen molar-refractivity contribution in [2.24, 2.45) is 0 Å². The molecular weight excluding hydrogens is 447 g/mol. The number of aromatic nitrogens is 5. The Balaban J connectivity index is 1.79. The van der Waals surface area contributed by atoms with Gasteiger partial charge in [-0.1, -0.05) is 43.6 Å². The van der Waals surface area contributed by atoms with Crippen molar-refractivity contribution >= 4 is 29.0 Å². The number of fused-ring (bicyclic) bond motifs is 1. The molecular formula is C19H14Cl2N6O4. The highest BCUT2D eigenvalue weighted by molar-refractivity contribution is 6.37. The Bertz CT molecular complexity index is 1420. The van der Waals surface area contributed by atoms with Crippen LogP contribution in [-0.4, -0.2) is 25.0 Å². The van der Waals surface area contributed by atoms with Gasteiger partial charge in [-0.3, -0.25) is 14.6 Å². The van der Waals surface area contributed by atoms with E-state index < -0.39 is 17.1 Å². The van der Waals surface area contributed by atoms with E-state index in [2.05, 4.69) is 20.1 Å². The Kier molecular flexibility index (Phi) is 4.95. The third-order valence-electron chi connectivity index (χ3n) is 5.07. The van der Waals surface area contributed by atoms with Gasteiger partial charge in [0.05, 0.1) is 15.7 Å². The zero-order chi connectivity index (χ0) is 22.5. The van der Waals surface area contributed by atoms with Gasteiger partial charge in [0, 0.05) is 11.1 Å². The van der Waals surface area contributed by atoms with E-state index in [1.807, 2.05) is 18.8 Å². The molecule has 0 fully saturated rings. The van der Waals surface area contributed by atoms with Crippen LogP contribution in [0.3, 0.4) is 0 Å². The summed E-state index contributed by atoms with van der Waals surface area (Å²) in [5.74, 6) is -0.254. The van der Waals surface area contributed by atoms with Crippen LogP contribution >= 0.6 is 23.2 Å². The minimum absolute atomic E-state index is 0.0331. The lowest BCUT2D eigenvalue weighted by molar-refractivity contribution is 0.448. The first kappa shape index (κ1) is 20.8. The van der Waals surface area contributed by atoms with Gasteiger partial charge in [-0.25, -0.2) is 9.89 Å². The maximum Gasteiger partial charge on any atom is 0.365 e. The molecule has 0 unspecified atom stereocenters. The van der Waals surface area contributed by atoms with Crippen LogP contribution in [-0.2, 0) is 11.8 Å². The Morgan fingerprint density at radius 1 is 1.19 bits per heavy atom. The van der Waals surface area contributed by atoms with E-state index in [9.17, 15) is 14.4 Å². The molecule has 3 aromatic rings. The molecule has 2 heterocycles. The lowest BCUT2D eigenvalue weighted by Gasteiger charge is -2.17. The highest BCUT2D eigenvalue weighted by atomic mass is 35.5. The van der Waals surface area contributed by atoms with E-state index >= 15 is 0 Å². The van der Waals surface area contributed by atoms with Crippen LogP contribution in [0.25, 0.3) is 10.5 Å². The summed E-state index contributed by atoms with van der Waals surface area (Å²) >= 11 is 12.7. The number of hydrogen-bond donors (Lipinski definition) is 2. The molecule has 0 saturated carbocycles. The largest absolute Gasteiger partial charge is 0.434 e. The third kappa shape index (κ3) is 3.52. The minimum Gasteiger partial charge on any atom is -0.434 e. The Morgan fingerprint density at radius 2 is 1.87 bits per heavy atom. The zero-order valence-corrected chi connectivity index (χ0v) is 17.8. The number of hydrogen-bond acceptors (Lipinski definition) is 6. The van der Waals surface area contributed by atoms with Crippen molar-refractivity contribution in [3.8, 4) is 17.3 Å². The van der Waals surface area contributed by atoms with Gasteiger partial charge in [0.15, 0.2) is 5.75 Å². The third-order valence-corrected chi connectivity index (χ3v) is 5.63. The first-order valence-electron chi connectivity index (χ1n) is 9.03. The second-order valence-corrected chi connectivity index (χ2v) is 8.36. The van der Waals surface area contributed by atoms with Crippen LogP contribution in [0.5, 0.6) is 11.6 Å². The SMILES string of the molecule is [C-]#[N+]c1nn(-c2cc(Cl)c(Oc3n[nH]c(=O)c4c3CCC4(C)C)c(Cl)c2)c(=O)[nH]c1=O. The van der Waals surface area contributed by atoms with Crippen LogP contribution in [0, 0.1) is 6.57 Å². The van der Waals surface area contributed by atoms with E-state index in [4.69, 9.17) is 34.5 Å². The molecule has 0 spiro atoms. The number of rotatable bonds is 3. The van der Waals surface area contributed by atoms with Gasteiger partial charge in [0.1, 0.15) is 0 Å². The van der Waals surface area contributed by atoms with Crippen LogP contribution in [0.15, 0.2) is 26.5 Å². The number of nitrogens with one attached hydrogen (secondary N) is 2. The van der Waals surface area contributed by atoms with E-state index in [0.717, 1.165) is 11.1 Å². The number of halogens is 2. The number of nitrogens with zero attached hydrogens (tertiary/aromatic N) is 4. The maximum absolute atomic E-state index is 12.3. The second kappa shape index (κ2) is 7.37. The van der Waals surface area contributed by atoms with Crippen molar-refractivity contribution in [2.75, 3.05) is 0 Å². The van der Waals surface area contributed by atoms with Crippen LogP contribution in [0.2, 0.25) is 10.0 Å². The van der Waals surface area contributed by atoms with Crippen LogP contribution in [0.1, 0.15) is 31.4 Å². The molecule has 1 aliphatic carbocycles. The summed E-state index contributed by atoms with van der Waals surface area (Å²) in [5.41, 5.74) is -0.929. The summed E-state index contributed by atoms with van der Waals surface area (Å²) in [6.45, 7) is 10.9. The molecule has 158 valence electrons. The van der Waals surface area contributed by atoms with Crippen molar-refractivity contribution in [1.29, 1.82) is 0 Å².